The minimum Gasteiger partial charge on any atom is -0.508 e. The van der Waals surface area contributed by atoms with Crippen molar-refractivity contribution in [1.82, 2.24) is 0 Å². The maximum absolute atomic E-state index is 13.5. The van der Waals surface area contributed by atoms with Crippen molar-refractivity contribution in [1.29, 1.82) is 0 Å². The van der Waals surface area contributed by atoms with Gasteiger partial charge in [0.25, 0.3) is 0 Å². The van der Waals surface area contributed by atoms with E-state index in [1.165, 1.54) is 6.07 Å². The molecule has 3 aromatic rings. The second-order valence-corrected chi connectivity index (χ2v) is 8.48. The van der Waals surface area contributed by atoms with Crippen LogP contribution < -0.4 is 10.2 Å². The molecule has 39 heavy (non-hydrogen) atoms. The highest BCUT2D eigenvalue weighted by Gasteiger charge is 2.48. The van der Waals surface area contributed by atoms with Crippen molar-refractivity contribution in [3.05, 3.63) is 40.6 Å². The van der Waals surface area contributed by atoms with Crippen molar-refractivity contribution in [2.24, 2.45) is 0 Å². The number of carbonyl (C=O) groups is 2. The molecule has 0 saturated carbocycles. The third-order valence-electron chi connectivity index (χ3n) is 5.78. The normalized spacial score (nSPS) is 22.9. The first-order valence-electron chi connectivity index (χ1n) is 11.2. The van der Waals surface area contributed by atoms with Crippen LogP contribution in [0.1, 0.15) is 6.42 Å². The zero-order valence-electron chi connectivity index (χ0n) is 19.6. The van der Waals surface area contributed by atoms with E-state index in [2.05, 4.69) is 0 Å². The first-order valence-corrected chi connectivity index (χ1v) is 11.2. The number of carbonyl (C=O) groups excluding carboxylic acids is 1. The Morgan fingerprint density at radius 3 is 2.31 bits per heavy atom. The molecule has 0 radical (unpaired) electrons. The second kappa shape index (κ2) is 10.7. The number of benzene rings is 2. The highest BCUT2D eigenvalue weighted by molar-refractivity contribution is 5.90. The number of phenols is 4. The Hall–Kier alpha value is -4.57. The smallest absolute Gasteiger partial charge is 0.317 e. The van der Waals surface area contributed by atoms with E-state index in [-0.39, 0.29) is 11.1 Å². The fourth-order valence-electron chi connectivity index (χ4n) is 3.94. The molecular formula is C24H22O15. The Morgan fingerprint density at radius 1 is 0.949 bits per heavy atom. The summed E-state index contributed by atoms with van der Waals surface area (Å²) < 4.78 is 21.7. The van der Waals surface area contributed by atoms with Gasteiger partial charge in [-0.2, -0.15) is 0 Å². The monoisotopic (exact) mass is 550 g/mol. The van der Waals surface area contributed by atoms with Gasteiger partial charge in [0.05, 0.1) is 6.61 Å². The predicted molar refractivity (Wildman–Crippen MR) is 125 cm³/mol. The number of hydrogen-bond acceptors (Lipinski definition) is 14. The van der Waals surface area contributed by atoms with Crippen LogP contribution in [-0.2, 0) is 19.1 Å². The highest BCUT2D eigenvalue weighted by atomic mass is 16.7. The van der Waals surface area contributed by atoms with Crippen LogP contribution in [0.3, 0.4) is 0 Å². The number of hydrogen-bond donors (Lipinski definition) is 8. The van der Waals surface area contributed by atoms with Gasteiger partial charge in [0.2, 0.25) is 17.5 Å². The topological polar surface area (TPSA) is 254 Å². The van der Waals surface area contributed by atoms with Crippen LogP contribution in [0.25, 0.3) is 22.3 Å². The minimum atomic E-state index is -1.99. The number of aliphatic hydroxyl groups is 3. The number of esters is 1. The molecule has 5 atom stereocenters. The molecule has 1 fully saturated rings. The number of ether oxygens (including phenoxy) is 3. The van der Waals surface area contributed by atoms with Gasteiger partial charge >= 0.3 is 11.9 Å². The standard InChI is InChI=1S/C24H22O15/c25-7-14-18(33)20(35)23(38-16(32)6-15(30)31)24(37-14)39-22-19(34)17-12(29)4-9(26)5-13(17)36-21(22)8-1-2-10(27)11(28)3-8/h1-5,14,18,20,23-29,33,35H,6-7H2,(H,30,31)/t14-,18-,20+,23-,24+/m1/s1. The van der Waals surface area contributed by atoms with Crippen LogP contribution >= 0.6 is 0 Å². The van der Waals surface area contributed by atoms with Gasteiger partial charge in [-0.05, 0) is 18.2 Å². The van der Waals surface area contributed by atoms with Crippen molar-refractivity contribution in [3.63, 3.8) is 0 Å². The molecule has 2 heterocycles. The fourth-order valence-corrected chi connectivity index (χ4v) is 3.94. The van der Waals surface area contributed by atoms with E-state index >= 15 is 0 Å². The summed E-state index contributed by atoms with van der Waals surface area (Å²) in [5.74, 6) is -6.48. The van der Waals surface area contributed by atoms with Gasteiger partial charge in [0, 0.05) is 17.7 Å². The predicted octanol–water partition coefficient (Wildman–Crippen LogP) is -0.513. The minimum absolute atomic E-state index is 0.0725. The fraction of sp³-hybridized carbons (Fsp3) is 0.292. The molecule has 0 aliphatic carbocycles. The summed E-state index contributed by atoms with van der Waals surface area (Å²) in [6.07, 6.45) is -10.4. The van der Waals surface area contributed by atoms with E-state index in [1.807, 2.05) is 0 Å². The lowest BCUT2D eigenvalue weighted by Crippen LogP contribution is -2.61. The van der Waals surface area contributed by atoms with Crippen molar-refractivity contribution in [2.75, 3.05) is 6.61 Å². The molecule has 15 heteroatoms. The maximum atomic E-state index is 13.5. The van der Waals surface area contributed by atoms with E-state index in [0.29, 0.717) is 0 Å². The molecule has 4 rings (SSSR count). The number of fused-ring (bicyclic) bond motifs is 1. The van der Waals surface area contributed by atoms with E-state index in [4.69, 9.17) is 23.7 Å². The van der Waals surface area contributed by atoms with Gasteiger partial charge in [0.1, 0.15) is 47.2 Å². The van der Waals surface area contributed by atoms with Crippen molar-refractivity contribution in [2.45, 2.75) is 37.1 Å². The van der Waals surface area contributed by atoms with Crippen LogP contribution in [0.15, 0.2) is 39.5 Å². The summed E-state index contributed by atoms with van der Waals surface area (Å²) in [7, 11) is 0. The summed E-state index contributed by atoms with van der Waals surface area (Å²) in [6.45, 7) is -0.862. The molecule has 0 spiro atoms. The summed E-state index contributed by atoms with van der Waals surface area (Å²) in [4.78, 5) is 36.5. The first kappa shape index (κ1) is 27.5. The molecule has 0 bridgehead atoms. The first-order chi connectivity index (χ1) is 18.4. The third-order valence-corrected chi connectivity index (χ3v) is 5.78. The van der Waals surface area contributed by atoms with Gasteiger partial charge < -0.3 is 59.5 Å². The molecule has 8 N–H and O–H groups in total. The average Bonchev–Trinajstić information content (AvgIpc) is 2.85. The molecule has 1 aromatic heterocycles. The Morgan fingerprint density at radius 2 is 1.67 bits per heavy atom. The molecule has 1 aliphatic rings. The number of aliphatic hydroxyl groups excluding tert-OH is 3. The summed E-state index contributed by atoms with van der Waals surface area (Å²) in [6, 6.07) is 5.07. The van der Waals surface area contributed by atoms with E-state index in [1.54, 1.807) is 0 Å². The Bertz CT molecular complexity index is 1480. The van der Waals surface area contributed by atoms with Crippen LogP contribution in [0.5, 0.6) is 28.7 Å². The van der Waals surface area contributed by atoms with Crippen molar-refractivity contribution >= 4 is 22.9 Å². The number of carboxylic acid groups (broad SMARTS) is 1. The number of aliphatic carboxylic acids is 1. The molecule has 1 aliphatic heterocycles. The highest BCUT2D eigenvalue weighted by Crippen LogP contribution is 2.39. The van der Waals surface area contributed by atoms with E-state index in [9.17, 15) is 50.1 Å². The van der Waals surface area contributed by atoms with Crippen LogP contribution in [0.2, 0.25) is 0 Å². The van der Waals surface area contributed by atoms with Gasteiger partial charge in [-0.15, -0.1) is 0 Å². The van der Waals surface area contributed by atoms with Crippen LogP contribution in [0, 0.1) is 0 Å². The lowest BCUT2D eigenvalue weighted by atomic mass is 9.99. The number of aromatic hydroxyl groups is 4. The molecule has 0 amide bonds. The zero-order valence-corrected chi connectivity index (χ0v) is 19.6. The molecular weight excluding hydrogens is 528 g/mol. The Labute approximate surface area is 216 Å². The third kappa shape index (κ3) is 5.37. The second-order valence-electron chi connectivity index (χ2n) is 8.48. The van der Waals surface area contributed by atoms with Gasteiger partial charge in [-0.3, -0.25) is 14.4 Å². The number of phenolic OH excluding ortho intramolecular Hbond substituents is 4. The van der Waals surface area contributed by atoms with Crippen LogP contribution in [0.4, 0.5) is 0 Å². The number of rotatable bonds is 7. The summed E-state index contributed by atoms with van der Waals surface area (Å²) in [5.41, 5.74) is -1.47. The SMILES string of the molecule is O=C(O)CC(=O)O[C@H]1[C@H](Oc2c(-c3ccc(O)c(O)c3)oc3cc(O)cc(O)c3c2=O)O[C@H](CO)[C@@H](O)[C@@H]1O. The molecule has 15 nitrogen and oxygen atoms in total. The van der Waals surface area contributed by atoms with Crippen LogP contribution in [-0.4, -0.2) is 90.1 Å². The quantitative estimate of drug-likeness (QED) is 0.105. The molecule has 208 valence electrons. The molecule has 2 aromatic carbocycles. The van der Waals surface area contributed by atoms with Gasteiger partial charge in [0.15, 0.2) is 23.4 Å². The Kier molecular flexibility index (Phi) is 7.51. The van der Waals surface area contributed by atoms with Gasteiger partial charge in [-0.1, -0.05) is 0 Å². The van der Waals surface area contributed by atoms with Gasteiger partial charge in [-0.25, -0.2) is 0 Å². The summed E-state index contributed by atoms with van der Waals surface area (Å²) in [5, 5.41) is 78.6. The largest absolute Gasteiger partial charge is 0.508 e. The van der Waals surface area contributed by atoms with E-state index < -0.39 is 101 Å². The zero-order chi connectivity index (χ0) is 28.6. The summed E-state index contributed by atoms with van der Waals surface area (Å²) >= 11 is 0. The molecule has 1 saturated heterocycles. The molecule has 0 unspecified atom stereocenters. The van der Waals surface area contributed by atoms with E-state index in [0.717, 1.165) is 24.3 Å². The lowest BCUT2D eigenvalue weighted by molar-refractivity contribution is -0.282. The van der Waals surface area contributed by atoms with Crippen molar-refractivity contribution < 1.29 is 69.1 Å². The Balaban J connectivity index is 1.88. The lowest BCUT2D eigenvalue weighted by Gasteiger charge is -2.41. The maximum Gasteiger partial charge on any atom is 0.317 e. The van der Waals surface area contributed by atoms with Crippen molar-refractivity contribution in [3.8, 4) is 40.1 Å². The number of carboxylic acids is 1. The average molecular weight is 550 g/mol.